The zero-order chi connectivity index (χ0) is 11.2. The summed E-state index contributed by atoms with van der Waals surface area (Å²) in [7, 11) is 0. The number of carbonyl (C=O) groups is 3. The van der Waals surface area contributed by atoms with Crippen molar-refractivity contribution in [2.45, 2.75) is 13.8 Å². The van der Waals surface area contributed by atoms with Crippen molar-refractivity contribution in [3.63, 3.8) is 0 Å². The topological polar surface area (TPSA) is 51.2 Å². The maximum Gasteiger partial charge on any atom is 0.184 e. The largest absolute Gasteiger partial charge is 0.298 e. The zero-order valence-corrected chi connectivity index (χ0v) is 8.53. The third-order valence-electron chi connectivity index (χ3n) is 3.03. The van der Waals surface area contributed by atoms with Gasteiger partial charge in [0.05, 0.1) is 0 Å². The highest BCUT2D eigenvalue weighted by molar-refractivity contribution is 6.38. The summed E-state index contributed by atoms with van der Waals surface area (Å²) in [5.74, 6) is -1.15. The van der Waals surface area contributed by atoms with E-state index in [1.165, 1.54) is 13.8 Å². The molecular weight excluding hydrogens is 192 g/mol. The average molecular weight is 202 g/mol. The molecule has 0 heterocycles. The van der Waals surface area contributed by atoms with Crippen LogP contribution in [-0.2, 0) is 4.79 Å². The molecule has 1 aromatic rings. The molecule has 0 saturated heterocycles. The molecule has 76 valence electrons. The highest BCUT2D eigenvalue weighted by Crippen LogP contribution is 2.36. The van der Waals surface area contributed by atoms with E-state index in [1.807, 2.05) is 0 Å². The van der Waals surface area contributed by atoms with Crippen LogP contribution in [0, 0.1) is 5.41 Å². The van der Waals surface area contributed by atoms with Crippen LogP contribution in [0.5, 0.6) is 0 Å². The number of benzene rings is 1. The van der Waals surface area contributed by atoms with Crippen LogP contribution in [0.4, 0.5) is 0 Å². The van der Waals surface area contributed by atoms with E-state index in [4.69, 9.17) is 0 Å². The summed E-state index contributed by atoms with van der Waals surface area (Å²) in [4.78, 5) is 35.3. The summed E-state index contributed by atoms with van der Waals surface area (Å²) in [5, 5.41) is 0. The molecule has 0 saturated carbocycles. The van der Waals surface area contributed by atoms with E-state index < -0.39 is 11.2 Å². The van der Waals surface area contributed by atoms with Crippen LogP contribution >= 0.6 is 0 Å². The molecule has 0 N–H and O–H groups in total. The Kier molecular flexibility index (Phi) is 1.86. The van der Waals surface area contributed by atoms with E-state index in [0.29, 0.717) is 11.1 Å². The molecule has 1 aromatic carbocycles. The minimum absolute atomic E-state index is 0.361. The van der Waals surface area contributed by atoms with Crippen LogP contribution in [-0.4, -0.2) is 17.3 Å². The number of hydrogen-bond donors (Lipinski definition) is 0. The lowest BCUT2D eigenvalue weighted by Crippen LogP contribution is -2.36. The van der Waals surface area contributed by atoms with E-state index in [2.05, 4.69) is 0 Å². The number of Topliss-reactive ketones (excluding diaryl/α,β-unsaturated/α-hetero) is 3. The van der Waals surface area contributed by atoms with Gasteiger partial charge in [-0.2, -0.15) is 0 Å². The number of ketones is 3. The average Bonchev–Trinajstić information content (AvgIpc) is 2.43. The highest BCUT2D eigenvalue weighted by atomic mass is 16.2. The Morgan fingerprint density at radius 3 is 1.80 bits per heavy atom. The minimum atomic E-state index is -1.50. The van der Waals surface area contributed by atoms with Crippen molar-refractivity contribution in [3.8, 4) is 0 Å². The van der Waals surface area contributed by atoms with Crippen LogP contribution < -0.4 is 0 Å². The molecule has 1 aliphatic rings. The van der Waals surface area contributed by atoms with Crippen molar-refractivity contribution >= 4 is 17.3 Å². The molecule has 1 aliphatic carbocycles. The van der Waals surface area contributed by atoms with Crippen molar-refractivity contribution in [1.82, 2.24) is 0 Å². The lowest BCUT2D eigenvalue weighted by Gasteiger charge is -2.15. The highest BCUT2D eigenvalue weighted by Gasteiger charge is 2.52. The van der Waals surface area contributed by atoms with Gasteiger partial charge in [0.25, 0.3) is 0 Å². The van der Waals surface area contributed by atoms with Gasteiger partial charge in [-0.05, 0) is 13.8 Å². The fourth-order valence-corrected chi connectivity index (χ4v) is 1.84. The van der Waals surface area contributed by atoms with E-state index >= 15 is 0 Å². The van der Waals surface area contributed by atoms with E-state index in [-0.39, 0.29) is 11.6 Å². The first-order valence-electron chi connectivity index (χ1n) is 4.69. The van der Waals surface area contributed by atoms with Crippen molar-refractivity contribution in [1.29, 1.82) is 0 Å². The predicted octanol–water partition coefficient (Wildman–Crippen LogP) is 1.66. The van der Waals surface area contributed by atoms with Gasteiger partial charge in [0.2, 0.25) is 0 Å². The molecule has 0 fully saturated rings. The standard InChI is InChI=1S/C12H10O3/c1-7(13)12(2)10(14)8-5-3-4-6-9(8)11(12)15/h3-6H,1-2H3. The Morgan fingerprint density at radius 1 is 1.07 bits per heavy atom. The van der Waals surface area contributed by atoms with Gasteiger partial charge in [0, 0.05) is 11.1 Å². The molecule has 3 heteroatoms. The van der Waals surface area contributed by atoms with E-state index in [9.17, 15) is 14.4 Å². The summed E-state index contributed by atoms with van der Waals surface area (Å²) in [6.45, 7) is 2.68. The van der Waals surface area contributed by atoms with Gasteiger partial charge in [-0.3, -0.25) is 14.4 Å². The van der Waals surface area contributed by atoms with E-state index in [1.54, 1.807) is 24.3 Å². The quantitative estimate of drug-likeness (QED) is 0.651. The van der Waals surface area contributed by atoms with Crippen LogP contribution in [0.25, 0.3) is 0 Å². The molecule has 0 unspecified atom stereocenters. The van der Waals surface area contributed by atoms with Crippen molar-refractivity contribution < 1.29 is 14.4 Å². The Balaban J connectivity index is 2.70. The molecule has 0 amide bonds. The number of rotatable bonds is 1. The van der Waals surface area contributed by atoms with Crippen LogP contribution in [0.2, 0.25) is 0 Å². The van der Waals surface area contributed by atoms with Gasteiger partial charge in [-0.15, -0.1) is 0 Å². The third-order valence-corrected chi connectivity index (χ3v) is 3.03. The molecule has 0 spiro atoms. The number of fused-ring (bicyclic) bond motifs is 1. The fourth-order valence-electron chi connectivity index (χ4n) is 1.84. The van der Waals surface area contributed by atoms with Gasteiger partial charge in [-0.1, -0.05) is 24.3 Å². The first kappa shape index (κ1) is 9.77. The maximum absolute atomic E-state index is 11.9. The van der Waals surface area contributed by atoms with Gasteiger partial charge < -0.3 is 0 Å². The van der Waals surface area contributed by atoms with Crippen LogP contribution in [0.3, 0.4) is 0 Å². The Labute approximate surface area is 87.1 Å². The summed E-state index contributed by atoms with van der Waals surface area (Å²) in [5.41, 5.74) is -0.774. The first-order valence-corrected chi connectivity index (χ1v) is 4.69. The summed E-state index contributed by atoms with van der Waals surface area (Å²) in [6, 6.07) is 6.55. The maximum atomic E-state index is 11.9. The second kappa shape index (κ2) is 2.86. The third kappa shape index (κ3) is 1.03. The van der Waals surface area contributed by atoms with Gasteiger partial charge in [-0.25, -0.2) is 0 Å². The lowest BCUT2D eigenvalue weighted by molar-refractivity contribution is -0.121. The van der Waals surface area contributed by atoms with Crippen molar-refractivity contribution in [2.24, 2.45) is 5.41 Å². The Morgan fingerprint density at radius 2 is 1.47 bits per heavy atom. The fraction of sp³-hybridized carbons (Fsp3) is 0.250. The Hall–Kier alpha value is -1.77. The monoisotopic (exact) mass is 202 g/mol. The van der Waals surface area contributed by atoms with Crippen molar-refractivity contribution in [3.05, 3.63) is 35.4 Å². The molecule has 0 aliphatic heterocycles. The molecular formula is C12H10O3. The normalized spacial score (nSPS) is 17.7. The van der Waals surface area contributed by atoms with E-state index in [0.717, 1.165) is 0 Å². The summed E-state index contributed by atoms with van der Waals surface area (Å²) < 4.78 is 0. The molecule has 3 nitrogen and oxygen atoms in total. The molecule has 15 heavy (non-hydrogen) atoms. The van der Waals surface area contributed by atoms with Crippen LogP contribution in [0.15, 0.2) is 24.3 Å². The lowest BCUT2D eigenvalue weighted by atomic mass is 9.81. The number of carbonyl (C=O) groups excluding carboxylic acids is 3. The van der Waals surface area contributed by atoms with Gasteiger partial charge >= 0.3 is 0 Å². The zero-order valence-electron chi connectivity index (χ0n) is 8.53. The van der Waals surface area contributed by atoms with Gasteiger partial charge in [0.1, 0.15) is 0 Å². The van der Waals surface area contributed by atoms with Crippen molar-refractivity contribution in [2.75, 3.05) is 0 Å². The first-order chi connectivity index (χ1) is 6.99. The van der Waals surface area contributed by atoms with Gasteiger partial charge in [0.15, 0.2) is 22.8 Å². The molecule has 0 radical (unpaired) electrons. The second-order valence-electron chi connectivity index (χ2n) is 3.89. The Bertz CT molecular complexity index is 450. The molecule has 2 rings (SSSR count). The summed E-state index contributed by atoms with van der Waals surface area (Å²) in [6.07, 6.45) is 0. The van der Waals surface area contributed by atoms with Crippen LogP contribution in [0.1, 0.15) is 34.6 Å². The smallest absolute Gasteiger partial charge is 0.184 e. The molecule has 0 bridgehead atoms. The second-order valence-corrected chi connectivity index (χ2v) is 3.89. The predicted molar refractivity (Wildman–Crippen MR) is 53.9 cm³/mol. The molecule has 0 aromatic heterocycles. The summed E-state index contributed by atoms with van der Waals surface area (Å²) >= 11 is 0. The molecule has 0 atom stereocenters. The minimum Gasteiger partial charge on any atom is -0.298 e. The number of hydrogen-bond acceptors (Lipinski definition) is 3. The SMILES string of the molecule is CC(=O)C1(C)C(=O)c2ccccc2C1=O.